The van der Waals surface area contributed by atoms with Gasteiger partial charge in [0.25, 0.3) is 0 Å². The van der Waals surface area contributed by atoms with Crippen LogP contribution in [-0.4, -0.2) is 38.8 Å². The number of likely N-dealkylation sites (N-methyl/N-ethyl adjacent to an activating group) is 1. The summed E-state index contributed by atoms with van der Waals surface area (Å²) >= 11 is 9.47. The number of ether oxygens (including phenoxy) is 1. The van der Waals surface area contributed by atoms with E-state index in [4.69, 9.17) is 16.3 Å². The van der Waals surface area contributed by atoms with Crippen molar-refractivity contribution in [3.63, 3.8) is 0 Å². The first-order chi connectivity index (χ1) is 13.1. The molecule has 0 fully saturated rings. The van der Waals surface area contributed by atoms with Gasteiger partial charge in [0.1, 0.15) is 5.75 Å². The zero-order valence-electron chi connectivity index (χ0n) is 15.8. The van der Waals surface area contributed by atoms with E-state index in [0.717, 1.165) is 14.3 Å². The molecule has 152 valence electrons. The van der Waals surface area contributed by atoms with Gasteiger partial charge in [0.15, 0.2) is 0 Å². The van der Waals surface area contributed by atoms with Gasteiger partial charge < -0.3 is 10.1 Å². The van der Waals surface area contributed by atoms with Crippen molar-refractivity contribution >= 4 is 43.5 Å². The van der Waals surface area contributed by atoms with Crippen molar-refractivity contribution in [1.29, 1.82) is 0 Å². The summed E-state index contributed by atoms with van der Waals surface area (Å²) in [6.45, 7) is 3.75. The molecule has 28 heavy (non-hydrogen) atoms. The highest BCUT2D eigenvalue weighted by Crippen LogP contribution is 2.28. The molecule has 0 aliphatic heterocycles. The summed E-state index contributed by atoms with van der Waals surface area (Å²) in [4.78, 5) is 12.3. The second-order valence-corrected chi connectivity index (χ2v) is 9.50. The molecule has 1 amide bonds. The third kappa shape index (κ3) is 5.70. The van der Waals surface area contributed by atoms with Crippen molar-refractivity contribution in [1.82, 2.24) is 9.62 Å². The Hall–Kier alpha value is -1.61. The fourth-order valence-corrected chi connectivity index (χ4v) is 4.40. The smallest absolute Gasteiger partial charge is 0.243 e. The monoisotopic (exact) mass is 488 g/mol. The molecule has 0 bridgehead atoms. The molecule has 2 rings (SSSR count). The predicted molar refractivity (Wildman–Crippen MR) is 113 cm³/mol. The average molecular weight is 490 g/mol. The van der Waals surface area contributed by atoms with Crippen LogP contribution in [0.2, 0.25) is 5.02 Å². The highest BCUT2D eigenvalue weighted by atomic mass is 79.9. The van der Waals surface area contributed by atoms with Gasteiger partial charge in [0.05, 0.1) is 29.1 Å². The molecule has 0 unspecified atom stereocenters. The van der Waals surface area contributed by atoms with Crippen LogP contribution in [0.4, 0.5) is 0 Å². The molecule has 0 saturated carbocycles. The molecule has 6 nitrogen and oxygen atoms in total. The first-order valence-corrected chi connectivity index (χ1v) is 11.2. The Morgan fingerprint density at radius 3 is 2.61 bits per heavy atom. The highest BCUT2D eigenvalue weighted by molar-refractivity contribution is 9.10. The van der Waals surface area contributed by atoms with E-state index < -0.39 is 15.9 Å². The summed E-state index contributed by atoms with van der Waals surface area (Å²) in [5.41, 5.74) is 0.909. The van der Waals surface area contributed by atoms with E-state index in [1.807, 2.05) is 38.1 Å². The third-order valence-corrected chi connectivity index (χ3v) is 6.59. The van der Waals surface area contributed by atoms with Crippen LogP contribution in [0, 0.1) is 0 Å². The fraction of sp³-hybridized carbons (Fsp3) is 0.316. The number of benzene rings is 2. The van der Waals surface area contributed by atoms with Gasteiger partial charge in [-0.25, -0.2) is 8.42 Å². The van der Waals surface area contributed by atoms with E-state index in [1.54, 1.807) is 0 Å². The summed E-state index contributed by atoms with van der Waals surface area (Å²) in [5, 5.41) is 3.00. The number of rotatable bonds is 8. The van der Waals surface area contributed by atoms with Crippen molar-refractivity contribution in [2.24, 2.45) is 0 Å². The van der Waals surface area contributed by atoms with Gasteiger partial charge in [-0.3, -0.25) is 4.79 Å². The maximum Gasteiger partial charge on any atom is 0.243 e. The third-order valence-electron chi connectivity index (χ3n) is 4.00. The van der Waals surface area contributed by atoms with Crippen LogP contribution in [0.15, 0.2) is 51.8 Å². The van der Waals surface area contributed by atoms with Gasteiger partial charge in [0, 0.05) is 11.5 Å². The maximum atomic E-state index is 12.7. The van der Waals surface area contributed by atoms with Crippen LogP contribution in [0.3, 0.4) is 0 Å². The first kappa shape index (κ1) is 22.7. The lowest BCUT2D eigenvalue weighted by molar-refractivity contribution is -0.121. The lowest BCUT2D eigenvalue weighted by atomic mass is 10.1. The van der Waals surface area contributed by atoms with E-state index in [-0.39, 0.29) is 22.5 Å². The molecule has 0 aliphatic rings. The van der Waals surface area contributed by atoms with E-state index >= 15 is 0 Å². The van der Waals surface area contributed by atoms with Gasteiger partial charge >= 0.3 is 0 Å². The molecule has 0 aromatic heterocycles. The predicted octanol–water partition coefficient (Wildman–Crippen LogP) is 4.00. The van der Waals surface area contributed by atoms with Crippen LogP contribution in [0.25, 0.3) is 0 Å². The number of halogens is 2. The normalized spacial score (nSPS) is 12.6. The Morgan fingerprint density at radius 2 is 2.00 bits per heavy atom. The number of nitrogens with zero attached hydrogens (tertiary/aromatic N) is 1. The lowest BCUT2D eigenvalue weighted by Crippen LogP contribution is -2.39. The fourth-order valence-electron chi connectivity index (χ4n) is 2.53. The molecule has 0 heterocycles. The van der Waals surface area contributed by atoms with Crippen molar-refractivity contribution in [2.45, 2.75) is 24.8 Å². The first-order valence-electron chi connectivity index (χ1n) is 8.58. The van der Waals surface area contributed by atoms with Crippen LogP contribution >= 0.6 is 27.5 Å². The number of nitrogens with one attached hydrogen (secondary N) is 1. The van der Waals surface area contributed by atoms with Crippen molar-refractivity contribution < 1.29 is 17.9 Å². The van der Waals surface area contributed by atoms with E-state index in [2.05, 4.69) is 21.2 Å². The summed E-state index contributed by atoms with van der Waals surface area (Å²) in [5.74, 6) is 0.00180. The molecular weight excluding hydrogens is 468 g/mol. The number of hydrogen-bond donors (Lipinski definition) is 1. The zero-order valence-corrected chi connectivity index (χ0v) is 18.9. The number of hydrogen-bond acceptors (Lipinski definition) is 4. The SMILES string of the molecule is CCOc1ccc(S(=O)(=O)N(C)CC(=O)N[C@@H](C)c2cccc(Br)c2)cc1Cl. The second kappa shape index (κ2) is 9.73. The average Bonchev–Trinajstić information content (AvgIpc) is 2.63. The van der Waals surface area contributed by atoms with Crippen molar-refractivity contribution in [2.75, 3.05) is 20.2 Å². The molecular formula is C19H22BrClN2O4S. The van der Waals surface area contributed by atoms with E-state index in [9.17, 15) is 13.2 Å². The molecule has 2 aromatic rings. The highest BCUT2D eigenvalue weighted by Gasteiger charge is 2.24. The summed E-state index contributed by atoms with van der Waals surface area (Å²) in [7, 11) is -2.52. The lowest BCUT2D eigenvalue weighted by Gasteiger charge is -2.20. The zero-order chi connectivity index (χ0) is 20.9. The van der Waals surface area contributed by atoms with Gasteiger partial charge in [-0.05, 0) is 49.7 Å². The topological polar surface area (TPSA) is 75.7 Å². The number of sulfonamides is 1. The summed E-state index contributed by atoms with van der Waals surface area (Å²) in [6, 6.07) is 11.5. The molecule has 1 atom stereocenters. The summed E-state index contributed by atoms with van der Waals surface area (Å²) < 4.78 is 32.7. The molecule has 0 aliphatic carbocycles. The molecule has 9 heteroatoms. The Kier molecular flexibility index (Phi) is 7.88. The Morgan fingerprint density at radius 1 is 1.29 bits per heavy atom. The Labute approximate surface area is 179 Å². The minimum absolute atomic E-state index is 0.00343. The van der Waals surface area contributed by atoms with E-state index in [1.165, 1.54) is 25.2 Å². The standard InChI is InChI=1S/C19H22BrClN2O4S/c1-4-27-18-9-8-16(11-17(18)21)28(25,26)23(3)12-19(24)22-13(2)14-6-5-7-15(20)10-14/h5-11,13H,4,12H2,1-3H3,(H,22,24)/t13-/m0/s1. The Bertz CT molecular complexity index is 953. The van der Waals surface area contributed by atoms with Crippen molar-refractivity contribution in [3.8, 4) is 5.75 Å². The molecule has 2 aromatic carbocycles. The van der Waals surface area contributed by atoms with E-state index in [0.29, 0.717) is 12.4 Å². The van der Waals surface area contributed by atoms with Gasteiger partial charge in [-0.2, -0.15) is 4.31 Å². The quantitative estimate of drug-likeness (QED) is 0.608. The molecule has 1 N–H and O–H groups in total. The minimum atomic E-state index is -3.87. The largest absolute Gasteiger partial charge is 0.492 e. The van der Waals surface area contributed by atoms with Gasteiger partial charge in [0.2, 0.25) is 15.9 Å². The van der Waals surface area contributed by atoms with Crippen molar-refractivity contribution in [3.05, 3.63) is 57.5 Å². The van der Waals surface area contributed by atoms with Gasteiger partial charge in [-0.1, -0.05) is 39.7 Å². The van der Waals surface area contributed by atoms with Crippen LogP contribution in [0.1, 0.15) is 25.5 Å². The van der Waals surface area contributed by atoms with Crippen LogP contribution in [-0.2, 0) is 14.8 Å². The molecule has 0 spiro atoms. The molecule has 0 saturated heterocycles. The second-order valence-electron chi connectivity index (χ2n) is 6.13. The number of carbonyl (C=O) groups excluding carboxylic acids is 1. The van der Waals surface area contributed by atoms with Crippen LogP contribution < -0.4 is 10.1 Å². The number of carbonyl (C=O) groups is 1. The summed E-state index contributed by atoms with van der Waals surface area (Å²) in [6.07, 6.45) is 0. The molecule has 0 radical (unpaired) electrons. The number of amides is 1. The minimum Gasteiger partial charge on any atom is -0.492 e. The van der Waals surface area contributed by atoms with Gasteiger partial charge in [-0.15, -0.1) is 0 Å². The maximum absolute atomic E-state index is 12.7. The Balaban J connectivity index is 2.07. The van der Waals surface area contributed by atoms with Crippen LogP contribution in [0.5, 0.6) is 5.75 Å².